The van der Waals surface area contributed by atoms with E-state index in [1.807, 2.05) is 6.92 Å². The number of hydrogen-bond acceptors (Lipinski definition) is 10. The van der Waals surface area contributed by atoms with E-state index in [2.05, 4.69) is 31.9 Å². The molecular weight excluding hydrogens is 628 g/mol. The van der Waals surface area contributed by atoms with E-state index in [1.165, 1.54) is 0 Å². The van der Waals surface area contributed by atoms with Gasteiger partial charge in [0.15, 0.2) is 0 Å². The fraction of sp³-hybridized carbons (Fsp3) is 0.643. The van der Waals surface area contributed by atoms with E-state index in [0.717, 1.165) is 19.8 Å². The van der Waals surface area contributed by atoms with Gasteiger partial charge < -0.3 is 52.0 Å². The summed E-state index contributed by atoms with van der Waals surface area (Å²) in [6.45, 7) is 3.27. The van der Waals surface area contributed by atoms with E-state index in [1.54, 1.807) is 0 Å². The van der Waals surface area contributed by atoms with Gasteiger partial charge in [0.05, 0.1) is 12.6 Å². The van der Waals surface area contributed by atoms with E-state index >= 15 is 0 Å². The third kappa shape index (κ3) is 20.5. The molecule has 0 saturated heterocycles. The van der Waals surface area contributed by atoms with Crippen molar-refractivity contribution in [3.8, 4) is 0 Å². The molecule has 4 atom stereocenters. The predicted molar refractivity (Wildman–Crippen MR) is 160 cm³/mol. The van der Waals surface area contributed by atoms with Gasteiger partial charge in [-0.2, -0.15) is 0 Å². The highest BCUT2D eigenvalue weighted by Crippen LogP contribution is 2.05. The first-order valence-electron chi connectivity index (χ1n) is 14.9. The second kappa shape index (κ2) is 23.3. The average Bonchev–Trinajstić information content (AvgIpc) is 2.99. The lowest BCUT2D eigenvalue weighted by Gasteiger charge is -2.18. The summed E-state index contributed by atoms with van der Waals surface area (Å²) in [6.07, 6.45) is -0.802. The summed E-state index contributed by atoms with van der Waals surface area (Å²) in [6, 6.07) is -5.58. The fourth-order valence-electron chi connectivity index (χ4n) is 3.85. The van der Waals surface area contributed by atoms with E-state index < -0.39 is 104 Å². The lowest BCUT2D eigenvalue weighted by Crippen LogP contribution is -2.45. The quantitative estimate of drug-likeness (QED) is 0.0360. The van der Waals surface area contributed by atoms with Crippen molar-refractivity contribution in [2.24, 2.45) is 0 Å². The molecule has 0 spiro atoms. The third-order valence-corrected chi connectivity index (χ3v) is 6.41. The third-order valence-electron chi connectivity index (χ3n) is 6.41. The van der Waals surface area contributed by atoms with Crippen LogP contribution in [0.2, 0.25) is 0 Å². The van der Waals surface area contributed by atoms with E-state index in [0.29, 0.717) is 12.8 Å². The van der Waals surface area contributed by atoms with Crippen molar-refractivity contribution < 1.29 is 63.3 Å². The Bertz CT molecular complexity index is 1150. The molecule has 0 fully saturated rings. The molecule has 0 saturated carbocycles. The lowest BCUT2D eigenvalue weighted by atomic mass is 10.1. The van der Waals surface area contributed by atoms with Crippen LogP contribution in [0.15, 0.2) is 0 Å². The molecule has 0 aromatic carbocycles. The number of carbonyl (C=O) groups excluding carboxylic acids is 7. The molecule has 0 aliphatic carbocycles. The Hall–Kier alpha value is -5.10. The van der Waals surface area contributed by atoms with E-state index in [9.17, 15) is 58.2 Å². The number of rotatable bonds is 25. The first-order chi connectivity index (χ1) is 22.1. The summed E-state index contributed by atoms with van der Waals surface area (Å²) in [4.78, 5) is 117. The van der Waals surface area contributed by atoms with Crippen molar-refractivity contribution in [3.63, 3.8) is 0 Å². The molecule has 19 nitrogen and oxygen atoms in total. The van der Waals surface area contributed by atoms with Gasteiger partial charge in [-0.1, -0.05) is 13.3 Å². The predicted octanol–water partition coefficient (Wildman–Crippen LogP) is -2.45. The molecule has 0 aliphatic rings. The van der Waals surface area contributed by atoms with E-state index in [-0.39, 0.29) is 31.7 Å². The number of amides is 6. The van der Waals surface area contributed by atoms with Gasteiger partial charge in [-0.3, -0.25) is 28.8 Å². The van der Waals surface area contributed by atoms with Crippen LogP contribution in [0, 0.1) is 0 Å². The minimum Gasteiger partial charge on any atom is -0.480 e. The Morgan fingerprint density at radius 3 is 1.40 bits per heavy atom. The zero-order valence-corrected chi connectivity index (χ0v) is 26.3. The number of carbonyl (C=O) groups is 10. The maximum atomic E-state index is 12.3. The Morgan fingerprint density at radius 2 is 1.00 bits per heavy atom. The molecule has 19 heteroatoms. The Kier molecular flexibility index (Phi) is 20.7. The molecule has 0 aliphatic heterocycles. The molecule has 9 N–H and O–H groups in total. The van der Waals surface area contributed by atoms with Crippen LogP contribution >= 0.6 is 0 Å². The van der Waals surface area contributed by atoms with Crippen LogP contribution in [0.5, 0.6) is 0 Å². The van der Waals surface area contributed by atoms with Crippen molar-refractivity contribution in [3.05, 3.63) is 0 Å². The SMILES string of the molecule is CCCCNC(=O)CNC(=O)CC[C@@H](C=O)NC(=O)CCC(NC(=O)CC[C@H](NC(=O)CC[C@H](NC(C)=O)C(=O)O)C(=O)O)C(=O)O. The van der Waals surface area contributed by atoms with Crippen LogP contribution < -0.4 is 31.9 Å². The standard InChI is InChI=1S/C28H44N6O13/c1-3-4-13-29-25(41)14-30-21(37)9-5-17(15-35)32-22(38)10-7-19(27(44)45)33-24(40)12-8-20(28(46)47)34-23(39)11-6-18(26(42)43)31-16(2)36/h15,17-20H,3-14H2,1-2H3,(H,29,41)(H,30,37)(H,31,36)(H,32,38)(H,33,40)(H,34,39)(H,42,43)(H,44,45)(H,46,47)/t17-,18-,19?,20-/m0/s1. The molecule has 0 aromatic heterocycles. The molecule has 0 heterocycles. The lowest BCUT2D eigenvalue weighted by molar-refractivity contribution is -0.144. The highest BCUT2D eigenvalue weighted by atomic mass is 16.4. The largest absolute Gasteiger partial charge is 0.480 e. The maximum Gasteiger partial charge on any atom is 0.326 e. The first kappa shape index (κ1) is 41.9. The van der Waals surface area contributed by atoms with Crippen LogP contribution in [0.4, 0.5) is 0 Å². The van der Waals surface area contributed by atoms with Gasteiger partial charge in [0, 0.05) is 39.2 Å². The number of unbranched alkanes of at least 4 members (excludes halogenated alkanes) is 1. The van der Waals surface area contributed by atoms with Crippen LogP contribution in [0.25, 0.3) is 0 Å². The van der Waals surface area contributed by atoms with Crippen molar-refractivity contribution in [1.82, 2.24) is 31.9 Å². The van der Waals surface area contributed by atoms with Gasteiger partial charge in [-0.05, 0) is 32.1 Å². The molecule has 1 unspecified atom stereocenters. The number of nitrogens with one attached hydrogen (secondary N) is 6. The van der Waals surface area contributed by atoms with Crippen LogP contribution in [-0.2, 0) is 47.9 Å². The van der Waals surface area contributed by atoms with Crippen LogP contribution in [-0.4, -0.2) is 112 Å². The Balaban J connectivity index is 4.73. The Morgan fingerprint density at radius 1 is 0.574 bits per heavy atom. The number of carboxylic acid groups (broad SMARTS) is 3. The van der Waals surface area contributed by atoms with Crippen LogP contribution in [0.3, 0.4) is 0 Å². The molecular formula is C28H44N6O13. The van der Waals surface area contributed by atoms with Gasteiger partial charge in [0.1, 0.15) is 24.4 Å². The summed E-state index contributed by atoms with van der Waals surface area (Å²) in [5.74, 6) is -8.43. The molecule has 264 valence electrons. The minimum absolute atomic E-state index is 0.0889. The molecule has 6 amide bonds. The topological polar surface area (TPSA) is 304 Å². The molecule has 0 radical (unpaired) electrons. The van der Waals surface area contributed by atoms with Crippen molar-refractivity contribution in [2.75, 3.05) is 13.1 Å². The Labute approximate surface area is 270 Å². The van der Waals surface area contributed by atoms with E-state index in [4.69, 9.17) is 5.11 Å². The number of carboxylic acids is 3. The van der Waals surface area contributed by atoms with Crippen molar-refractivity contribution >= 4 is 59.6 Å². The summed E-state index contributed by atoms with van der Waals surface area (Å²) in [7, 11) is 0. The average molecular weight is 673 g/mol. The highest BCUT2D eigenvalue weighted by Gasteiger charge is 2.26. The molecule has 47 heavy (non-hydrogen) atoms. The highest BCUT2D eigenvalue weighted by molar-refractivity contribution is 5.88. The summed E-state index contributed by atoms with van der Waals surface area (Å²) < 4.78 is 0. The monoisotopic (exact) mass is 672 g/mol. The van der Waals surface area contributed by atoms with Crippen LogP contribution in [0.1, 0.15) is 78.1 Å². The number of hydrogen-bond donors (Lipinski definition) is 9. The normalized spacial score (nSPS) is 13.0. The smallest absolute Gasteiger partial charge is 0.326 e. The molecule has 0 bridgehead atoms. The summed E-state index contributed by atoms with van der Waals surface area (Å²) >= 11 is 0. The summed E-state index contributed by atoms with van der Waals surface area (Å²) in [5.41, 5.74) is 0. The van der Waals surface area contributed by atoms with Crippen molar-refractivity contribution in [2.45, 2.75) is 102 Å². The van der Waals surface area contributed by atoms with Crippen molar-refractivity contribution in [1.29, 1.82) is 0 Å². The molecule has 0 aromatic rings. The maximum absolute atomic E-state index is 12.3. The summed E-state index contributed by atoms with van der Waals surface area (Å²) in [5, 5.41) is 41.7. The van der Waals surface area contributed by atoms with Gasteiger partial charge in [0.2, 0.25) is 35.4 Å². The first-order valence-corrected chi connectivity index (χ1v) is 14.9. The second-order valence-corrected chi connectivity index (χ2v) is 10.5. The molecule has 0 rings (SSSR count). The van der Waals surface area contributed by atoms with Gasteiger partial charge in [0.25, 0.3) is 0 Å². The van der Waals surface area contributed by atoms with Gasteiger partial charge in [-0.25, -0.2) is 14.4 Å². The fourth-order valence-corrected chi connectivity index (χ4v) is 3.85. The van der Waals surface area contributed by atoms with Gasteiger partial charge in [-0.15, -0.1) is 0 Å². The van der Waals surface area contributed by atoms with Gasteiger partial charge >= 0.3 is 17.9 Å². The number of aliphatic carboxylic acids is 3. The zero-order valence-electron chi connectivity index (χ0n) is 26.3. The second-order valence-electron chi connectivity index (χ2n) is 10.5. The number of aldehydes is 1. The minimum atomic E-state index is -1.57. The zero-order chi connectivity index (χ0) is 35.9.